The quantitative estimate of drug-likeness (QED) is 0.852. The van der Waals surface area contributed by atoms with Gasteiger partial charge in [-0.1, -0.05) is 13.8 Å². The van der Waals surface area contributed by atoms with Crippen LogP contribution in [0.5, 0.6) is 0 Å². The highest BCUT2D eigenvalue weighted by Crippen LogP contribution is 2.26. The van der Waals surface area contributed by atoms with Crippen molar-refractivity contribution < 1.29 is 0 Å². The second kappa shape index (κ2) is 4.49. The first-order chi connectivity index (χ1) is 7.20. The molecule has 0 amide bonds. The van der Waals surface area contributed by atoms with Crippen molar-refractivity contribution >= 4 is 16.5 Å². The molecule has 1 aliphatic heterocycles. The fourth-order valence-electron chi connectivity index (χ4n) is 2.36. The maximum Gasteiger partial charge on any atom is 0.185 e. The summed E-state index contributed by atoms with van der Waals surface area (Å²) in [4.78, 5) is 6.70. The SMILES string of the molecule is CC(C)C1NCCC1N(C)c1nccs1. The summed E-state index contributed by atoms with van der Waals surface area (Å²) in [6.45, 7) is 5.70. The van der Waals surface area contributed by atoms with E-state index in [0.29, 0.717) is 18.0 Å². The number of anilines is 1. The van der Waals surface area contributed by atoms with E-state index in [0.717, 1.165) is 11.7 Å². The van der Waals surface area contributed by atoms with Crippen molar-refractivity contribution in [1.29, 1.82) is 0 Å². The Kier molecular flexibility index (Phi) is 3.26. The molecule has 1 aromatic heterocycles. The van der Waals surface area contributed by atoms with E-state index < -0.39 is 0 Å². The van der Waals surface area contributed by atoms with Gasteiger partial charge in [-0.15, -0.1) is 11.3 Å². The van der Waals surface area contributed by atoms with Gasteiger partial charge >= 0.3 is 0 Å². The van der Waals surface area contributed by atoms with Crippen LogP contribution in [-0.2, 0) is 0 Å². The normalized spacial score (nSPS) is 26.1. The molecule has 1 fully saturated rings. The number of thiazole rings is 1. The molecule has 2 atom stereocenters. The van der Waals surface area contributed by atoms with Gasteiger partial charge in [0, 0.05) is 30.7 Å². The highest BCUT2D eigenvalue weighted by molar-refractivity contribution is 7.13. The van der Waals surface area contributed by atoms with Crippen LogP contribution in [0.4, 0.5) is 5.13 Å². The van der Waals surface area contributed by atoms with Crippen molar-refractivity contribution in [2.45, 2.75) is 32.4 Å². The van der Waals surface area contributed by atoms with Crippen molar-refractivity contribution in [3.63, 3.8) is 0 Å². The minimum Gasteiger partial charge on any atom is -0.347 e. The van der Waals surface area contributed by atoms with Gasteiger partial charge in [0.15, 0.2) is 5.13 Å². The molecule has 0 radical (unpaired) electrons. The molecule has 0 bridgehead atoms. The fourth-order valence-corrected chi connectivity index (χ4v) is 3.03. The van der Waals surface area contributed by atoms with Crippen LogP contribution in [0.25, 0.3) is 0 Å². The van der Waals surface area contributed by atoms with Crippen LogP contribution in [0.2, 0.25) is 0 Å². The number of hydrogen-bond donors (Lipinski definition) is 1. The summed E-state index contributed by atoms with van der Waals surface area (Å²) in [6, 6.07) is 1.19. The predicted molar refractivity (Wildman–Crippen MR) is 65.6 cm³/mol. The Morgan fingerprint density at radius 2 is 2.40 bits per heavy atom. The van der Waals surface area contributed by atoms with Gasteiger partial charge in [0.05, 0.1) is 0 Å². The molecular weight excluding hydrogens is 206 g/mol. The molecular formula is C11H19N3S. The maximum absolute atomic E-state index is 4.37. The van der Waals surface area contributed by atoms with Crippen LogP contribution in [-0.4, -0.2) is 30.7 Å². The molecule has 1 N–H and O–H groups in total. The number of likely N-dealkylation sites (N-methyl/N-ethyl adjacent to an activating group) is 1. The number of hydrogen-bond acceptors (Lipinski definition) is 4. The van der Waals surface area contributed by atoms with Crippen molar-refractivity contribution in [3.8, 4) is 0 Å². The highest BCUT2D eigenvalue weighted by atomic mass is 32.1. The lowest BCUT2D eigenvalue weighted by Gasteiger charge is -2.31. The largest absolute Gasteiger partial charge is 0.347 e. The zero-order valence-corrected chi connectivity index (χ0v) is 10.4. The van der Waals surface area contributed by atoms with E-state index in [1.54, 1.807) is 11.3 Å². The van der Waals surface area contributed by atoms with Gasteiger partial charge in [0.1, 0.15) is 0 Å². The first-order valence-electron chi connectivity index (χ1n) is 5.56. The van der Waals surface area contributed by atoms with E-state index in [1.807, 2.05) is 11.6 Å². The number of nitrogens with one attached hydrogen (secondary N) is 1. The van der Waals surface area contributed by atoms with E-state index in [2.05, 4.69) is 36.1 Å². The Hall–Kier alpha value is -0.610. The first-order valence-corrected chi connectivity index (χ1v) is 6.44. The molecule has 1 saturated heterocycles. The lowest BCUT2D eigenvalue weighted by atomic mass is 9.97. The van der Waals surface area contributed by atoms with Gasteiger partial charge in [-0.25, -0.2) is 4.98 Å². The molecule has 0 aromatic carbocycles. The zero-order chi connectivity index (χ0) is 10.8. The van der Waals surface area contributed by atoms with E-state index in [9.17, 15) is 0 Å². The minimum absolute atomic E-state index is 0.594. The third kappa shape index (κ3) is 2.16. The summed E-state index contributed by atoms with van der Waals surface area (Å²) in [5, 5.41) is 6.76. The number of aromatic nitrogens is 1. The van der Waals surface area contributed by atoms with Crippen LogP contribution >= 0.6 is 11.3 Å². The molecule has 0 aliphatic carbocycles. The smallest absolute Gasteiger partial charge is 0.185 e. The molecule has 15 heavy (non-hydrogen) atoms. The Labute approximate surface area is 95.5 Å². The fraction of sp³-hybridized carbons (Fsp3) is 0.727. The summed E-state index contributed by atoms with van der Waals surface area (Å²) in [6.07, 6.45) is 3.10. The number of nitrogens with zero attached hydrogens (tertiary/aromatic N) is 2. The summed E-state index contributed by atoms with van der Waals surface area (Å²) in [5.74, 6) is 0.680. The molecule has 1 aliphatic rings. The molecule has 3 nitrogen and oxygen atoms in total. The average molecular weight is 225 g/mol. The molecule has 1 aromatic rings. The Bertz CT molecular complexity index is 297. The standard InChI is InChI=1S/C11H19N3S/c1-8(2)10-9(4-5-12-10)14(3)11-13-6-7-15-11/h6-10,12H,4-5H2,1-3H3. The summed E-state index contributed by atoms with van der Waals surface area (Å²) in [7, 11) is 2.16. The van der Waals surface area contributed by atoms with Gasteiger partial charge in [-0.2, -0.15) is 0 Å². The molecule has 2 unspecified atom stereocenters. The lowest BCUT2D eigenvalue weighted by molar-refractivity contribution is 0.406. The zero-order valence-electron chi connectivity index (χ0n) is 9.60. The summed E-state index contributed by atoms with van der Waals surface area (Å²) >= 11 is 1.72. The van der Waals surface area contributed by atoms with Gasteiger partial charge in [-0.3, -0.25) is 0 Å². The van der Waals surface area contributed by atoms with Crippen molar-refractivity contribution in [2.75, 3.05) is 18.5 Å². The lowest BCUT2D eigenvalue weighted by Crippen LogP contribution is -2.44. The summed E-state index contributed by atoms with van der Waals surface area (Å²) < 4.78 is 0. The molecule has 84 valence electrons. The third-order valence-electron chi connectivity index (χ3n) is 3.17. The Balaban J connectivity index is 2.09. The molecule has 2 rings (SSSR count). The van der Waals surface area contributed by atoms with Crippen molar-refractivity contribution in [3.05, 3.63) is 11.6 Å². The Morgan fingerprint density at radius 1 is 1.60 bits per heavy atom. The molecule has 2 heterocycles. The number of rotatable bonds is 3. The molecule has 4 heteroatoms. The minimum atomic E-state index is 0.594. The summed E-state index contributed by atoms with van der Waals surface area (Å²) in [5.41, 5.74) is 0. The van der Waals surface area contributed by atoms with Crippen LogP contribution in [0, 0.1) is 5.92 Å². The highest BCUT2D eigenvalue weighted by Gasteiger charge is 2.32. The van der Waals surface area contributed by atoms with E-state index >= 15 is 0 Å². The van der Waals surface area contributed by atoms with Crippen molar-refractivity contribution in [2.24, 2.45) is 5.92 Å². The van der Waals surface area contributed by atoms with E-state index in [-0.39, 0.29) is 0 Å². The van der Waals surface area contributed by atoms with Crippen LogP contribution < -0.4 is 10.2 Å². The molecule has 0 spiro atoms. The van der Waals surface area contributed by atoms with E-state index in [1.165, 1.54) is 6.42 Å². The molecule has 0 saturated carbocycles. The van der Waals surface area contributed by atoms with Crippen LogP contribution in [0.1, 0.15) is 20.3 Å². The van der Waals surface area contributed by atoms with Gasteiger partial charge in [0.25, 0.3) is 0 Å². The van der Waals surface area contributed by atoms with E-state index in [4.69, 9.17) is 0 Å². The second-order valence-corrected chi connectivity index (χ2v) is 5.38. The van der Waals surface area contributed by atoms with Crippen molar-refractivity contribution in [1.82, 2.24) is 10.3 Å². The second-order valence-electron chi connectivity index (χ2n) is 4.51. The third-order valence-corrected chi connectivity index (χ3v) is 4.03. The van der Waals surface area contributed by atoms with Gasteiger partial charge in [-0.05, 0) is 18.9 Å². The van der Waals surface area contributed by atoms with Crippen LogP contribution in [0.15, 0.2) is 11.6 Å². The van der Waals surface area contributed by atoms with Gasteiger partial charge in [0.2, 0.25) is 0 Å². The van der Waals surface area contributed by atoms with Crippen LogP contribution in [0.3, 0.4) is 0 Å². The Morgan fingerprint density at radius 3 is 3.00 bits per heavy atom. The first kappa shape index (κ1) is 10.9. The average Bonchev–Trinajstić information content (AvgIpc) is 2.88. The monoisotopic (exact) mass is 225 g/mol. The predicted octanol–water partition coefficient (Wildman–Crippen LogP) is 1.97. The maximum atomic E-state index is 4.37. The van der Waals surface area contributed by atoms with Gasteiger partial charge < -0.3 is 10.2 Å². The topological polar surface area (TPSA) is 28.2 Å².